The van der Waals surface area contributed by atoms with Gasteiger partial charge in [0.2, 0.25) is 5.91 Å². The summed E-state index contributed by atoms with van der Waals surface area (Å²) in [6, 6.07) is 0.950. The maximum Gasteiger partial charge on any atom is 0.417 e. The first-order valence-corrected chi connectivity index (χ1v) is 8.65. The van der Waals surface area contributed by atoms with E-state index in [1.54, 1.807) is 0 Å². The van der Waals surface area contributed by atoms with Crippen molar-refractivity contribution in [3.8, 4) is 0 Å². The average molecular weight is 377 g/mol. The normalized spacial score (nSPS) is 22.5. The van der Waals surface area contributed by atoms with Crippen LogP contribution >= 0.6 is 11.6 Å². The maximum absolute atomic E-state index is 12.7. The van der Waals surface area contributed by atoms with Gasteiger partial charge in [-0.25, -0.2) is 4.98 Å². The number of nitrogens with zero attached hydrogens (tertiary/aromatic N) is 3. The Balaban J connectivity index is 1.62. The summed E-state index contributed by atoms with van der Waals surface area (Å²) in [6.45, 7) is 2.38. The summed E-state index contributed by atoms with van der Waals surface area (Å²) in [4.78, 5) is 20.0. The van der Waals surface area contributed by atoms with Gasteiger partial charge in [-0.05, 0) is 25.3 Å². The Kier molecular flexibility index (Phi) is 5.11. The maximum atomic E-state index is 12.7. The lowest BCUT2D eigenvalue weighted by Crippen LogP contribution is -2.42. The predicted molar refractivity (Wildman–Crippen MR) is 88.4 cm³/mol. The molecule has 0 radical (unpaired) electrons. The molecule has 1 aromatic heterocycles. The summed E-state index contributed by atoms with van der Waals surface area (Å²) in [7, 11) is 0. The van der Waals surface area contributed by atoms with Crippen molar-refractivity contribution in [2.24, 2.45) is 11.7 Å². The van der Waals surface area contributed by atoms with Crippen molar-refractivity contribution in [2.45, 2.75) is 31.5 Å². The SMILES string of the molecule is NC1CCN(C(=O)C2CCN(c3ncc(C(F)(F)F)cc3Cl)CC2)C1. The summed E-state index contributed by atoms with van der Waals surface area (Å²) in [5, 5.41) is -0.0230. The first-order valence-electron chi connectivity index (χ1n) is 8.28. The zero-order valence-electron chi connectivity index (χ0n) is 13.6. The molecule has 0 spiro atoms. The summed E-state index contributed by atoms with van der Waals surface area (Å²) in [5.74, 6) is 0.387. The summed E-state index contributed by atoms with van der Waals surface area (Å²) in [5.41, 5.74) is 4.98. The fraction of sp³-hybridized carbons (Fsp3) is 0.625. The minimum Gasteiger partial charge on any atom is -0.355 e. The standard InChI is InChI=1S/C16H20ClF3N4O/c17-13-7-11(16(18,19)20)8-22-14(13)23-4-1-10(2-5-23)15(25)24-6-3-12(21)9-24/h7-8,10,12H,1-6,9,21H2. The van der Waals surface area contributed by atoms with Gasteiger partial charge in [-0.2, -0.15) is 13.2 Å². The molecule has 0 saturated carbocycles. The minimum absolute atomic E-state index is 0.0230. The van der Waals surface area contributed by atoms with Crippen LogP contribution < -0.4 is 10.6 Å². The molecule has 9 heteroatoms. The third-order valence-corrected chi connectivity index (χ3v) is 5.11. The molecule has 2 saturated heterocycles. The molecular formula is C16H20ClF3N4O. The molecule has 1 aromatic rings. The summed E-state index contributed by atoms with van der Waals surface area (Å²) >= 11 is 5.99. The highest BCUT2D eigenvalue weighted by Crippen LogP contribution is 2.34. The zero-order valence-corrected chi connectivity index (χ0v) is 14.4. The van der Waals surface area contributed by atoms with Crippen LogP contribution in [0.2, 0.25) is 5.02 Å². The minimum atomic E-state index is -4.47. The number of amides is 1. The molecule has 5 nitrogen and oxygen atoms in total. The fourth-order valence-corrected chi connectivity index (χ4v) is 3.69. The first kappa shape index (κ1) is 18.3. The Bertz CT molecular complexity index is 647. The second kappa shape index (κ2) is 6.99. The smallest absolute Gasteiger partial charge is 0.355 e. The molecule has 2 aliphatic rings. The quantitative estimate of drug-likeness (QED) is 0.861. The van der Waals surface area contributed by atoms with Gasteiger partial charge in [0.25, 0.3) is 0 Å². The fourth-order valence-electron chi connectivity index (χ4n) is 3.40. The molecule has 25 heavy (non-hydrogen) atoms. The van der Waals surface area contributed by atoms with Crippen LogP contribution in [-0.2, 0) is 11.0 Å². The molecule has 1 amide bonds. The van der Waals surface area contributed by atoms with E-state index in [0.717, 1.165) is 18.7 Å². The van der Waals surface area contributed by atoms with Gasteiger partial charge in [-0.3, -0.25) is 4.79 Å². The van der Waals surface area contributed by atoms with Crippen LogP contribution in [0, 0.1) is 5.92 Å². The van der Waals surface area contributed by atoms with Gasteiger partial charge in [-0.1, -0.05) is 11.6 Å². The third-order valence-electron chi connectivity index (χ3n) is 4.83. The highest BCUT2D eigenvalue weighted by molar-refractivity contribution is 6.33. The van der Waals surface area contributed by atoms with E-state index in [4.69, 9.17) is 17.3 Å². The van der Waals surface area contributed by atoms with E-state index in [9.17, 15) is 18.0 Å². The molecular weight excluding hydrogens is 357 g/mol. The lowest BCUT2D eigenvalue weighted by atomic mass is 9.95. The molecule has 0 aromatic carbocycles. The van der Waals surface area contributed by atoms with Crippen molar-refractivity contribution in [2.75, 3.05) is 31.1 Å². The van der Waals surface area contributed by atoms with E-state index in [0.29, 0.717) is 44.8 Å². The number of alkyl halides is 3. The van der Waals surface area contributed by atoms with Crippen molar-refractivity contribution in [3.05, 3.63) is 22.8 Å². The van der Waals surface area contributed by atoms with Crippen molar-refractivity contribution in [3.63, 3.8) is 0 Å². The van der Waals surface area contributed by atoms with Crippen LogP contribution in [-0.4, -0.2) is 48.0 Å². The van der Waals surface area contributed by atoms with Crippen LogP contribution in [0.3, 0.4) is 0 Å². The lowest BCUT2D eigenvalue weighted by Gasteiger charge is -2.34. The highest BCUT2D eigenvalue weighted by atomic mass is 35.5. The van der Waals surface area contributed by atoms with Gasteiger partial charge in [0.1, 0.15) is 5.82 Å². The van der Waals surface area contributed by atoms with E-state index in [2.05, 4.69) is 4.98 Å². The van der Waals surface area contributed by atoms with E-state index in [1.165, 1.54) is 0 Å². The number of pyridine rings is 1. The Hall–Kier alpha value is -1.54. The van der Waals surface area contributed by atoms with Crippen LogP contribution in [0.1, 0.15) is 24.8 Å². The van der Waals surface area contributed by atoms with Crippen LogP contribution in [0.15, 0.2) is 12.3 Å². The van der Waals surface area contributed by atoms with Gasteiger partial charge in [0.05, 0.1) is 10.6 Å². The van der Waals surface area contributed by atoms with Crippen LogP contribution in [0.4, 0.5) is 19.0 Å². The number of rotatable bonds is 2. The number of carbonyl (C=O) groups excluding carboxylic acids is 1. The van der Waals surface area contributed by atoms with Gasteiger partial charge >= 0.3 is 6.18 Å². The van der Waals surface area contributed by atoms with Gasteiger partial charge < -0.3 is 15.5 Å². The number of hydrogen-bond donors (Lipinski definition) is 1. The van der Waals surface area contributed by atoms with Crippen LogP contribution in [0.25, 0.3) is 0 Å². The largest absolute Gasteiger partial charge is 0.417 e. The number of piperidine rings is 1. The van der Waals surface area contributed by atoms with Crippen molar-refractivity contribution < 1.29 is 18.0 Å². The van der Waals surface area contributed by atoms with Crippen LogP contribution in [0.5, 0.6) is 0 Å². The molecule has 0 aliphatic carbocycles. The van der Waals surface area contributed by atoms with E-state index >= 15 is 0 Å². The van der Waals surface area contributed by atoms with E-state index in [1.807, 2.05) is 9.80 Å². The van der Waals surface area contributed by atoms with Crippen molar-refractivity contribution in [1.29, 1.82) is 0 Å². The Morgan fingerprint density at radius 2 is 1.92 bits per heavy atom. The Morgan fingerprint density at radius 1 is 1.24 bits per heavy atom. The molecule has 3 rings (SSSR count). The molecule has 138 valence electrons. The number of nitrogens with two attached hydrogens (primary N) is 1. The first-order chi connectivity index (χ1) is 11.8. The van der Waals surface area contributed by atoms with Gasteiger partial charge in [0, 0.05) is 44.3 Å². The van der Waals surface area contributed by atoms with Crippen molar-refractivity contribution >= 4 is 23.3 Å². The van der Waals surface area contributed by atoms with Gasteiger partial charge in [0.15, 0.2) is 0 Å². The highest BCUT2D eigenvalue weighted by Gasteiger charge is 2.34. The van der Waals surface area contributed by atoms with E-state index in [-0.39, 0.29) is 22.9 Å². The summed E-state index contributed by atoms with van der Waals surface area (Å²) in [6.07, 6.45) is -1.59. The van der Waals surface area contributed by atoms with E-state index < -0.39 is 11.7 Å². The lowest BCUT2D eigenvalue weighted by molar-refractivity contribution is -0.138. The van der Waals surface area contributed by atoms with Gasteiger partial charge in [-0.15, -0.1) is 0 Å². The molecule has 2 fully saturated rings. The zero-order chi connectivity index (χ0) is 18.2. The molecule has 1 atom stereocenters. The number of hydrogen-bond acceptors (Lipinski definition) is 4. The summed E-state index contributed by atoms with van der Waals surface area (Å²) < 4.78 is 38.1. The molecule has 2 aliphatic heterocycles. The third kappa shape index (κ3) is 4.00. The second-order valence-electron chi connectivity index (χ2n) is 6.62. The number of aromatic nitrogens is 1. The monoisotopic (exact) mass is 376 g/mol. The molecule has 2 N–H and O–H groups in total. The van der Waals surface area contributed by atoms with Crippen molar-refractivity contribution in [1.82, 2.24) is 9.88 Å². The second-order valence-corrected chi connectivity index (χ2v) is 7.03. The molecule has 0 bridgehead atoms. The number of likely N-dealkylation sites (tertiary alicyclic amines) is 1. The predicted octanol–water partition coefficient (Wildman–Crippen LogP) is 2.53. The topological polar surface area (TPSA) is 62.5 Å². The molecule has 3 heterocycles. The number of anilines is 1. The Labute approximate surface area is 148 Å². The average Bonchev–Trinajstić information content (AvgIpc) is 3.00. The Morgan fingerprint density at radius 3 is 2.44 bits per heavy atom. The molecule has 1 unspecified atom stereocenters. The number of carbonyl (C=O) groups is 1. The number of halogens is 4.